The molecule has 0 aliphatic heterocycles. The first kappa shape index (κ1) is 21.3. The summed E-state index contributed by atoms with van der Waals surface area (Å²) in [7, 11) is 0.373. The summed E-state index contributed by atoms with van der Waals surface area (Å²) >= 11 is 0. The molecular weight excluding hydrogens is 391 g/mol. The van der Waals surface area contributed by atoms with Gasteiger partial charge in [0.2, 0.25) is 10.0 Å². The first-order valence-electron chi connectivity index (χ1n) is 7.99. The van der Waals surface area contributed by atoms with Crippen LogP contribution in [0.3, 0.4) is 0 Å². The number of carbonyl (C=O) groups excluding carboxylic acids is 2. The highest BCUT2D eigenvalue weighted by Crippen LogP contribution is 2.28. The lowest BCUT2D eigenvalue weighted by Crippen LogP contribution is -2.23. The van der Waals surface area contributed by atoms with Crippen molar-refractivity contribution >= 4 is 27.6 Å². The number of halogens is 1. The molecule has 0 unspecified atom stereocenters. The van der Waals surface area contributed by atoms with Crippen LogP contribution in [0.1, 0.15) is 10.4 Å². The van der Waals surface area contributed by atoms with Crippen LogP contribution in [0, 0.1) is 5.82 Å². The van der Waals surface area contributed by atoms with Crippen molar-refractivity contribution in [2.24, 2.45) is 0 Å². The number of rotatable bonds is 7. The molecule has 0 spiro atoms. The molecule has 0 radical (unpaired) electrons. The maximum absolute atomic E-state index is 13.6. The molecule has 2 rings (SSSR count). The van der Waals surface area contributed by atoms with Gasteiger partial charge in [-0.15, -0.1) is 0 Å². The Labute approximate surface area is 161 Å². The highest BCUT2D eigenvalue weighted by Gasteiger charge is 2.20. The van der Waals surface area contributed by atoms with Crippen molar-refractivity contribution in [1.82, 2.24) is 4.31 Å². The summed E-state index contributed by atoms with van der Waals surface area (Å²) < 4.78 is 49.0. The van der Waals surface area contributed by atoms with Crippen molar-refractivity contribution < 1.29 is 31.9 Å². The van der Waals surface area contributed by atoms with E-state index in [1.807, 2.05) is 0 Å². The number of carbonyl (C=O) groups is 2. The number of hydrogen-bond acceptors (Lipinski definition) is 6. The molecule has 0 atom stereocenters. The molecule has 2 aromatic carbocycles. The Morgan fingerprint density at radius 1 is 1.14 bits per heavy atom. The van der Waals surface area contributed by atoms with Crippen molar-refractivity contribution in [1.29, 1.82) is 0 Å². The third kappa shape index (κ3) is 4.84. The van der Waals surface area contributed by atoms with Gasteiger partial charge in [-0.05, 0) is 30.3 Å². The van der Waals surface area contributed by atoms with E-state index in [1.54, 1.807) is 0 Å². The highest BCUT2D eigenvalue weighted by atomic mass is 32.2. The fourth-order valence-electron chi connectivity index (χ4n) is 2.18. The fraction of sp³-hybridized carbons (Fsp3) is 0.222. The number of nitrogens with zero attached hydrogens (tertiary/aromatic N) is 1. The Bertz CT molecular complexity index is 991. The highest BCUT2D eigenvalue weighted by molar-refractivity contribution is 7.89. The molecule has 2 aromatic rings. The van der Waals surface area contributed by atoms with Crippen molar-refractivity contribution in [2.75, 3.05) is 33.1 Å². The molecule has 0 saturated carbocycles. The Kier molecular flexibility index (Phi) is 6.71. The van der Waals surface area contributed by atoms with Gasteiger partial charge >= 0.3 is 5.97 Å². The molecule has 0 saturated heterocycles. The molecule has 0 aromatic heterocycles. The largest absolute Gasteiger partial charge is 0.495 e. The average molecular weight is 410 g/mol. The maximum atomic E-state index is 13.6. The number of nitrogens with one attached hydrogen (secondary N) is 1. The Morgan fingerprint density at radius 3 is 2.43 bits per heavy atom. The first-order valence-corrected chi connectivity index (χ1v) is 9.43. The number of methoxy groups -OCH3 is 1. The summed E-state index contributed by atoms with van der Waals surface area (Å²) in [6, 6.07) is 9.15. The normalized spacial score (nSPS) is 11.2. The van der Waals surface area contributed by atoms with Crippen molar-refractivity contribution in [3.05, 3.63) is 53.8 Å². The lowest BCUT2D eigenvalue weighted by atomic mass is 10.2. The zero-order valence-corrected chi connectivity index (χ0v) is 16.2. The van der Waals surface area contributed by atoms with Crippen LogP contribution in [0.25, 0.3) is 0 Å². The molecule has 0 fully saturated rings. The van der Waals surface area contributed by atoms with Gasteiger partial charge in [0, 0.05) is 14.1 Å². The van der Waals surface area contributed by atoms with Crippen LogP contribution in [-0.2, 0) is 19.6 Å². The Hall–Kier alpha value is -2.98. The van der Waals surface area contributed by atoms with E-state index in [0.717, 1.165) is 10.4 Å². The molecule has 1 N–H and O–H groups in total. The number of sulfonamides is 1. The van der Waals surface area contributed by atoms with Gasteiger partial charge in [0.1, 0.15) is 11.6 Å². The summed E-state index contributed by atoms with van der Waals surface area (Å²) in [6.07, 6.45) is 0. The molecule has 1 amide bonds. The summed E-state index contributed by atoms with van der Waals surface area (Å²) in [6.45, 7) is -0.693. The van der Waals surface area contributed by atoms with E-state index in [4.69, 9.17) is 9.47 Å². The predicted octanol–water partition coefficient (Wildman–Crippen LogP) is 1.88. The van der Waals surface area contributed by atoms with Crippen molar-refractivity contribution in [3.63, 3.8) is 0 Å². The lowest BCUT2D eigenvalue weighted by molar-refractivity contribution is -0.119. The van der Waals surface area contributed by atoms with Gasteiger partial charge in [0.25, 0.3) is 5.91 Å². The topological polar surface area (TPSA) is 102 Å². The molecule has 0 aliphatic carbocycles. The molecule has 0 bridgehead atoms. The van der Waals surface area contributed by atoms with Crippen LogP contribution in [-0.4, -0.2) is 52.4 Å². The number of ether oxygens (including phenoxy) is 2. The monoisotopic (exact) mass is 410 g/mol. The molecule has 0 aliphatic rings. The lowest BCUT2D eigenvalue weighted by Gasteiger charge is -2.15. The van der Waals surface area contributed by atoms with E-state index in [2.05, 4.69) is 5.32 Å². The van der Waals surface area contributed by atoms with Crippen LogP contribution in [0.4, 0.5) is 10.1 Å². The van der Waals surface area contributed by atoms with Gasteiger partial charge in [-0.2, -0.15) is 0 Å². The third-order valence-electron chi connectivity index (χ3n) is 3.65. The van der Waals surface area contributed by atoms with Gasteiger partial charge in [0.15, 0.2) is 6.61 Å². The van der Waals surface area contributed by atoms with Gasteiger partial charge in [0.05, 0.1) is 23.3 Å². The van der Waals surface area contributed by atoms with E-state index >= 15 is 0 Å². The standard InChI is InChI=1S/C18H19FN2O6S/c1-21(2)28(24,25)12-8-9-16(26-3)15(10-12)20-17(22)11-27-18(23)13-6-4-5-7-14(13)19/h4-10H,11H2,1-3H3,(H,20,22). The smallest absolute Gasteiger partial charge is 0.341 e. The molecular formula is C18H19FN2O6S. The number of amides is 1. The van der Waals surface area contributed by atoms with E-state index in [9.17, 15) is 22.4 Å². The van der Waals surface area contributed by atoms with E-state index in [-0.39, 0.29) is 21.9 Å². The number of anilines is 1. The van der Waals surface area contributed by atoms with Crippen LogP contribution in [0.15, 0.2) is 47.4 Å². The van der Waals surface area contributed by atoms with Crippen LogP contribution >= 0.6 is 0 Å². The van der Waals surface area contributed by atoms with Crippen LogP contribution in [0.5, 0.6) is 5.75 Å². The summed E-state index contributed by atoms with van der Waals surface area (Å²) in [5, 5.41) is 2.42. The first-order chi connectivity index (χ1) is 13.2. The molecule has 0 heterocycles. The zero-order chi connectivity index (χ0) is 20.9. The average Bonchev–Trinajstić information content (AvgIpc) is 2.66. The minimum atomic E-state index is -3.73. The second kappa shape index (κ2) is 8.81. The SMILES string of the molecule is COc1ccc(S(=O)(=O)N(C)C)cc1NC(=O)COC(=O)c1ccccc1F. The summed E-state index contributed by atoms with van der Waals surface area (Å²) in [4.78, 5) is 23.9. The quantitative estimate of drug-likeness (QED) is 0.700. The van der Waals surface area contributed by atoms with Crippen LogP contribution in [0.2, 0.25) is 0 Å². The Balaban J connectivity index is 2.12. The third-order valence-corrected chi connectivity index (χ3v) is 5.46. The zero-order valence-electron chi connectivity index (χ0n) is 15.4. The summed E-state index contributed by atoms with van der Waals surface area (Å²) in [5.74, 6) is -2.30. The molecule has 10 heteroatoms. The second-order valence-electron chi connectivity index (χ2n) is 5.75. The minimum Gasteiger partial charge on any atom is -0.495 e. The van der Waals surface area contributed by atoms with Crippen LogP contribution < -0.4 is 10.1 Å². The number of hydrogen-bond donors (Lipinski definition) is 1. The summed E-state index contributed by atoms with van der Waals surface area (Å²) in [5.41, 5.74) is -0.218. The van der Waals surface area contributed by atoms with Gasteiger partial charge < -0.3 is 14.8 Å². The van der Waals surface area contributed by atoms with E-state index in [0.29, 0.717) is 0 Å². The number of esters is 1. The van der Waals surface area contributed by atoms with E-state index < -0.39 is 34.3 Å². The van der Waals surface area contributed by atoms with Gasteiger partial charge in [-0.25, -0.2) is 21.9 Å². The maximum Gasteiger partial charge on any atom is 0.341 e. The fourth-order valence-corrected chi connectivity index (χ4v) is 3.11. The minimum absolute atomic E-state index is 0.0584. The molecule has 8 nitrogen and oxygen atoms in total. The van der Waals surface area contributed by atoms with Crippen molar-refractivity contribution in [2.45, 2.75) is 4.90 Å². The second-order valence-corrected chi connectivity index (χ2v) is 7.91. The molecule has 150 valence electrons. The predicted molar refractivity (Wildman–Crippen MR) is 99.2 cm³/mol. The molecule has 28 heavy (non-hydrogen) atoms. The van der Waals surface area contributed by atoms with Gasteiger partial charge in [-0.3, -0.25) is 4.79 Å². The van der Waals surface area contributed by atoms with Gasteiger partial charge in [-0.1, -0.05) is 12.1 Å². The Morgan fingerprint density at radius 2 is 1.82 bits per heavy atom. The number of benzene rings is 2. The van der Waals surface area contributed by atoms with Crippen molar-refractivity contribution in [3.8, 4) is 5.75 Å². The van der Waals surface area contributed by atoms with E-state index in [1.165, 1.54) is 57.6 Å².